The van der Waals surface area contributed by atoms with Crippen LogP contribution >= 0.6 is 0 Å². The highest BCUT2D eigenvalue weighted by atomic mass is 16.6. The molecule has 0 radical (unpaired) electrons. The molecule has 0 bridgehead atoms. The van der Waals surface area contributed by atoms with Gasteiger partial charge in [0.1, 0.15) is 12.8 Å². The monoisotopic (exact) mass is 372 g/mol. The molecule has 2 saturated heterocycles. The minimum absolute atomic E-state index is 0.142. The maximum atomic E-state index is 12.2. The molecule has 1 amide bonds. The van der Waals surface area contributed by atoms with Crippen molar-refractivity contribution < 1.29 is 23.8 Å². The van der Waals surface area contributed by atoms with Crippen molar-refractivity contribution in [2.75, 3.05) is 6.61 Å². The molecule has 144 valence electrons. The lowest BCUT2D eigenvalue weighted by Gasteiger charge is -2.35. The molecule has 0 saturated carbocycles. The van der Waals surface area contributed by atoms with E-state index in [-0.39, 0.29) is 54.6 Å². The fourth-order valence-electron chi connectivity index (χ4n) is 3.69. The number of carbonyl (C=O) groups is 2. The summed E-state index contributed by atoms with van der Waals surface area (Å²) in [5, 5.41) is 2.76. The molecule has 1 N–H and O–H groups in total. The molecular formula is C20H24N2O5. The third-order valence-electron chi connectivity index (χ3n) is 5.78. The number of nitrogens with one attached hydrogen (secondary N) is 1. The van der Waals surface area contributed by atoms with Crippen molar-refractivity contribution in [3.63, 3.8) is 0 Å². The first-order valence-corrected chi connectivity index (χ1v) is 9.17. The van der Waals surface area contributed by atoms with Crippen molar-refractivity contribution in [3.05, 3.63) is 48.2 Å². The number of ether oxygens (including phenoxy) is 3. The third kappa shape index (κ3) is 3.33. The van der Waals surface area contributed by atoms with E-state index in [4.69, 9.17) is 14.2 Å². The zero-order valence-electron chi connectivity index (χ0n) is 15.6. The maximum Gasteiger partial charge on any atom is 0.338 e. The number of hydrogen-bond donors (Lipinski definition) is 1. The smallest absolute Gasteiger partial charge is 0.338 e. The molecule has 3 aliphatic rings. The second-order valence-electron chi connectivity index (χ2n) is 7.82. The van der Waals surface area contributed by atoms with Crippen molar-refractivity contribution in [3.8, 4) is 0 Å². The van der Waals surface area contributed by atoms with Gasteiger partial charge in [-0.1, -0.05) is 39.0 Å². The van der Waals surface area contributed by atoms with Crippen LogP contribution in [-0.4, -0.2) is 48.2 Å². The van der Waals surface area contributed by atoms with Crippen LogP contribution in [0.4, 0.5) is 0 Å². The van der Waals surface area contributed by atoms with Crippen molar-refractivity contribution in [2.45, 2.75) is 45.6 Å². The van der Waals surface area contributed by atoms with Gasteiger partial charge in [0.2, 0.25) is 5.91 Å². The highest BCUT2D eigenvalue weighted by molar-refractivity contribution is 5.89. The lowest BCUT2D eigenvalue weighted by atomic mass is 9.78. The third-order valence-corrected chi connectivity index (χ3v) is 5.78. The molecule has 5 unspecified atom stereocenters. The quantitative estimate of drug-likeness (QED) is 0.642. The average Bonchev–Trinajstić information content (AvgIpc) is 3.38. The van der Waals surface area contributed by atoms with Gasteiger partial charge in [0, 0.05) is 17.7 Å². The van der Waals surface area contributed by atoms with Crippen molar-refractivity contribution in [2.24, 2.45) is 11.3 Å². The summed E-state index contributed by atoms with van der Waals surface area (Å²) in [5.74, 6) is -0.395. The first-order valence-electron chi connectivity index (χ1n) is 9.17. The Bertz CT molecular complexity index is 763. The van der Waals surface area contributed by atoms with Crippen LogP contribution in [0.2, 0.25) is 0 Å². The Morgan fingerprint density at radius 1 is 1.26 bits per heavy atom. The Hall–Kier alpha value is -2.38. The Morgan fingerprint density at radius 2 is 2.00 bits per heavy atom. The first kappa shape index (κ1) is 18.0. The van der Waals surface area contributed by atoms with Crippen LogP contribution in [0.3, 0.4) is 0 Å². The first-order chi connectivity index (χ1) is 12.9. The van der Waals surface area contributed by atoms with E-state index < -0.39 is 0 Å². The predicted molar refractivity (Wildman–Crippen MR) is 96.1 cm³/mol. The topological polar surface area (TPSA) is 80.4 Å². The van der Waals surface area contributed by atoms with Crippen molar-refractivity contribution >= 4 is 11.9 Å². The minimum Gasteiger partial charge on any atom is -0.459 e. The lowest BCUT2D eigenvalue weighted by Crippen LogP contribution is -2.44. The number of hydrogen-bond acceptors (Lipinski definition) is 6. The van der Waals surface area contributed by atoms with Gasteiger partial charge in [-0.2, -0.15) is 0 Å². The summed E-state index contributed by atoms with van der Waals surface area (Å²) in [7, 11) is 0. The summed E-state index contributed by atoms with van der Waals surface area (Å²) in [5.41, 5.74) is 0.297. The molecule has 1 aromatic carbocycles. The Balaban J connectivity index is 1.44. The second kappa shape index (κ2) is 6.65. The summed E-state index contributed by atoms with van der Waals surface area (Å²) in [6, 6.07) is 8.91. The lowest BCUT2D eigenvalue weighted by molar-refractivity contribution is -0.117. The largest absolute Gasteiger partial charge is 0.459 e. The van der Waals surface area contributed by atoms with Crippen LogP contribution in [0.25, 0.3) is 0 Å². The fourth-order valence-corrected chi connectivity index (χ4v) is 3.69. The molecular weight excluding hydrogens is 348 g/mol. The van der Waals surface area contributed by atoms with Crippen LogP contribution in [0, 0.1) is 11.3 Å². The number of carbonyl (C=O) groups excluding carboxylic acids is 2. The number of esters is 1. The van der Waals surface area contributed by atoms with E-state index in [9.17, 15) is 9.59 Å². The van der Waals surface area contributed by atoms with Crippen LogP contribution in [0.15, 0.2) is 42.6 Å². The zero-order valence-corrected chi connectivity index (χ0v) is 15.6. The van der Waals surface area contributed by atoms with E-state index in [1.807, 2.05) is 11.0 Å². The SMILES string of the molecule is CC1C(COC(=O)c2ccccc2)OC(N2C=CC(=O)NC3OC32)C1(C)C. The van der Waals surface area contributed by atoms with E-state index >= 15 is 0 Å². The molecule has 2 fully saturated rings. The molecule has 1 aromatic rings. The molecule has 27 heavy (non-hydrogen) atoms. The van der Waals surface area contributed by atoms with Crippen LogP contribution in [0.5, 0.6) is 0 Å². The summed E-state index contributed by atoms with van der Waals surface area (Å²) < 4.78 is 17.3. The fraction of sp³-hybridized carbons (Fsp3) is 0.500. The molecule has 7 heteroatoms. The van der Waals surface area contributed by atoms with Crippen LogP contribution in [0.1, 0.15) is 31.1 Å². The van der Waals surface area contributed by atoms with Gasteiger partial charge in [-0.3, -0.25) is 4.79 Å². The number of nitrogens with zero attached hydrogens (tertiary/aromatic N) is 1. The average molecular weight is 372 g/mol. The number of benzene rings is 1. The molecule has 7 nitrogen and oxygen atoms in total. The van der Waals surface area contributed by atoms with E-state index in [1.165, 1.54) is 6.08 Å². The van der Waals surface area contributed by atoms with E-state index in [0.717, 1.165) is 0 Å². The van der Waals surface area contributed by atoms with Gasteiger partial charge in [-0.15, -0.1) is 0 Å². The number of amides is 1. The van der Waals surface area contributed by atoms with Crippen molar-refractivity contribution in [1.29, 1.82) is 0 Å². The van der Waals surface area contributed by atoms with Gasteiger partial charge in [0.25, 0.3) is 0 Å². The molecule has 0 spiro atoms. The number of rotatable bonds is 4. The minimum atomic E-state index is -0.359. The zero-order chi connectivity index (χ0) is 19.2. The summed E-state index contributed by atoms with van der Waals surface area (Å²) in [4.78, 5) is 25.9. The number of fused-ring (bicyclic) bond motifs is 1. The Kier molecular flexibility index (Phi) is 4.44. The summed E-state index contributed by atoms with van der Waals surface area (Å²) in [6.45, 7) is 6.51. The van der Waals surface area contributed by atoms with Gasteiger partial charge < -0.3 is 24.4 Å². The Morgan fingerprint density at radius 3 is 2.74 bits per heavy atom. The molecule has 3 heterocycles. The van der Waals surface area contributed by atoms with Gasteiger partial charge >= 0.3 is 5.97 Å². The van der Waals surface area contributed by atoms with E-state index in [0.29, 0.717) is 5.56 Å². The van der Waals surface area contributed by atoms with Crippen molar-refractivity contribution in [1.82, 2.24) is 10.2 Å². The predicted octanol–water partition coefficient (Wildman–Crippen LogP) is 1.86. The Labute approximate surface area is 158 Å². The maximum absolute atomic E-state index is 12.2. The van der Waals surface area contributed by atoms with Gasteiger partial charge in [0.15, 0.2) is 12.5 Å². The summed E-state index contributed by atoms with van der Waals surface area (Å²) in [6.07, 6.45) is 2.15. The van der Waals surface area contributed by atoms with Crippen LogP contribution in [-0.2, 0) is 19.0 Å². The van der Waals surface area contributed by atoms with Crippen LogP contribution < -0.4 is 5.32 Å². The molecule has 5 atom stereocenters. The highest BCUT2D eigenvalue weighted by Gasteiger charge is 2.56. The standard InChI is InChI=1S/C20H24N2O5/c1-12-14(11-25-18(24)13-7-5-4-6-8-13)26-19(20(12,2)3)22-10-9-15(23)21-16-17(22)27-16/h4-10,12,14,16-17,19H,11H2,1-3H3,(H,21,23). The second-order valence-corrected chi connectivity index (χ2v) is 7.82. The van der Waals surface area contributed by atoms with E-state index in [1.54, 1.807) is 30.5 Å². The summed E-state index contributed by atoms with van der Waals surface area (Å²) >= 11 is 0. The normalized spacial score (nSPS) is 33.8. The van der Waals surface area contributed by atoms with Gasteiger partial charge in [0.05, 0.1) is 11.7 Å². The molecule has 4 rings (SSSR count). The highest BCUT2D eigenvalue weighted by Crippen LogP contribution is 2.47. The number of epoxide rings is 1. The molecule has 0 aliphatic carbocycles. The molecule has 0 aromatic heterocycles. The van der Waals surface area contributed by atoms with E-state index in [2.05, 4.69) is 26.1 Å². The van der Waals surface area contributed by atoms with Gasteiger partial charge in [-0.25, -0.2) is 4.79 Å². The molecule has 3 aliphatic heterocycles. The van der Waals surface area contributed by atoms with Gasteiger partial charge in [-0.05, 0) is 18.1 Å².